The molecule has 1 atom stereocenters. The van der Waals surface area contributed by atoms with Crippen molar-refractivity contribution in [2.75, 3.05) is 5.32 Å². The van der Waals surface area contributed by atoms with Crippen LogP contribution < -0.4 is 5.32 Å². The summed E-state index contributed by atoms with van der Waals surface area (Å²) in [6, 6.07) is 15.6. The number of aryl methyl sites for hydroxylation is 2. The molecule has 4 aromatic rings. The Labute approximate surface area is 161 Å². The van der Waals surface area contributed by atoms with Crippen LogP contribution in [0.2, 0.25) is 0 Å². The molecule has 0 aliphatic rings. The van der Waals surface area contributed by atoms with Crippen LogP contribution in [0.15, 0.2) is 53.7 Å². The van der Waals surface area contributed by atoms with E-state index in [4.69, 9.17) is 4.98 Å². The predicted molar refractivity (Wildman–Crippen MR) is 108 cm³/mol. The standard InChI is InChI=1S/C20H19N5OS/c1-12-7-6-8-15(11-12)22-19(26)13(2)27-20-23-17-10-5-4-9-16(17)18-21-14(3)24-25(18)20/h4-11,13H,1-3H3,(H,22,26). The lowest BCUT2D eigenvalue weighted by Gasteiger charge is -2.13. The van der Waals surface area contributed by atoms with Crippen molar-refractivity contribution in [1.82, 2.24) is 19.6 Å². The lowest BCUT2D eigenvalue weighted by atomic mass is 10.2. The van der Waals surface area contributed by atoms with Gasteiger partial charge in [-0.3, -0.25) is 4.79 Å². The van der Waals surface area contributed by atoms with Gasteiger partial charge in [0.05, 0.1) is 10.8 Å². The van der Waals surface area contributed by atoms with E-state index in [0.717, 1.165) is 27.8 Å². The molecule has 0 fully saturated rings. The molecule has 0 aliphatic heterocycles. The fourth-order valence-electron chi connectivity index (χ4n) is 2.89. The van der Waals surface area contributed by atoms with Crippen molar-refractivity contribution >= 4 is 39.9 Å². The third kappa shape index (κ3) is 3.50. The molecule has 1 unspecified atom stereocenters. The molecule has 136 valence electrons. The smallest absolute Gasteiger partial charge is 0.237 e. The topological polar surface area (TPSA) is 72.2 Å². The van der Waals surface area contributed by atoms with Gasteiger partial charge in [-0.2, -0.15) is 4.52 Å². The van der Waals surface area contributed by atoms with Gasteiger partial charge < -0.3 is 5.32 Å². The second kappa shape index (κ2) is 7.00. The average molecular weight is 377 g/mol. The van der Waals surface area contributed by atoms with E-state index in [1.54, 1.807) is 4.52 Å². The summed E-state index contributed by atoms with van der Waals surface area (Å²) in [6.45, 7) is 5.71. The minimum Gasteiger partial charge on any atom is -0.325 e. The number of para-hydroxylation sites is 1. The molecule has 2 heterocycles. The van der Waals surface area contributed by atoms with Crippen molar-refractivity contribution < 1.29 is 4.79 Å². The molecule has 0 saturated carbocycles. The van der Waals surface area contributed by atoms with Crippen LogP contribution >= 0.6 is 11.8 Å². The van der Waals surface area contributed by atoms with Crippen molar-refractivity contribution in [3.63, 3.8) is 0 Å². The van der Waals surface area contributed by atoms with Crippen LogP contribution in [0, 0.1) is 13.8 Å². The Bertz CT molecular complexity index is 1150. The van der Waals surface area contributed by atoms with Crippen LogP contribution in [0.4, 0.5) is 5.69 Å². The fraction of sp³-hybridized carbons (Fsp3) is 0.200. The maximum absolute atomic E-state index is 12.6. The Kier molecular flexibility index (Phi) is 4.53. The van der Waals surface area contributed by atoms with Crippen LogP contribution in [-0.2, 0) is 4.79 Å². The van der Waals surface area contributed by atoms with E-state index in [1.165, 1.54) is 11.8 Å². The average Bonchev–Trinajstić information content (AvgIpc) is 3.04. The fourth-order valence-corrected chi connectivity index (χ4v) is 3.75. The highest BCUT2D eigenvalue weighted by Gasteiger charge is 2.19. The largest absolute Gasteiger partial charge is 0.325 e. The first-order valence-corrected chi connectivity index (χ1v) is 9.55. The number of carbonyl (C=O) groups excluding carboxylic acids is 1. The number of anilines is 1. The van der Waals surface area contributed by atoms with Crippen LogP contribution in [0.3, 0.4) is 0 Å². The minimum atomic E-state index is -0.341. The molecule has 1 N–H and O–H groups in total. The van der Waals surface area contributed by atoms with E-state index in [1.807, 2.05) is 69.3 Å². The summed E-state index contributed by atoms with van der Waals surface area (Å²) < 4.78 is 1.72. The van der Waals surface area contributed by atoms with Gasteiger partial charge in [-0.05, 0) is 50.6 Å². The van der Waals surface area contributed by atoms with Crippen molar-refractivity contribution in [3.05, 3.63) is 59.9 Å². The van der Waals surface area contributed by atoms with Crippen LogP contribution in [0.5, 0.6) is 0 Å². The third-order valence-corrected chi connectivity index (χ3v) is 5.23. The second-order valence-electron chi connectivity index (χ2n) is 6.42. The van der Waals surface area contributed by atoms with Crippen LogP contribution in [0.25, 0.3) is 16.6 Å². The van der Waals surface area contributed by atoms with Gasteiger partial charge in [0.15, 0.2) is 10.8 Å². The normalized spacial score (nSPS) is 12.4. The zero-order valence-electron chi connectivity index (χ0n) is 15.3. The van der Waals surface area contributed by atoms with Gasteiger partial charge in [-0.15, -0.1) is 5.10 Å². The predicted octanol–water partition coefficient (Wildman–Crippen LogP) is 4.01. The maximum Gasteiger partial charge on any atom is 0.237 e. The van der Waals surface area contributed by atoms with Gasteiger partial charge >= 0.3 is 0 Å². The van der Waals surface area contributed by atoms with E-state index in [2.05, 4.69) is 15.4 Å². The Morgan fingerprint density at radius 2 is 1.93 bits per heavy atom. The molecule has 0 saturated heterocycles. The van der Waals surface area contributed by atoms with E-state index in [9.17, 15) is 4.79 Å². The number of amides is 1. The van der Waals surface area contributed by atoms with E-state index >= 15 is 0 Å². The highest BCUT2D eigenvalue weighted by molar-refractivity contribution is 8.00. The number of hydrogen-bond donors (Lipinski definition) is 1. The lowest BCUT2D eigenvalue weighted by Crippen LogP contribution is -2.23. The Balaban J connectivity index is 1.64. The Morgan fingerprint density at radius 1 is 1.11 bits per heavy atom. The number of benzene rings is 2. The monoisotopic (exact) mass is 377 g/mol. The number of nitrogens with zero attached hydrogens (tertiary/aromatic N) is 4. The number of thioether (sulfide) groups is 1. The molecule has 2 aromatic carbocycles. The second-order valence-corrected chi connectivity index (χ2v) is 7.73. The summed E-state index contributed by atoms with van der Waals surface area (Å²) >= 11 is 1.37. The number of nitrogens with one attached hydrogen (secondary N) is 1. The summed E-state index contributed by atoms with van der Waals surface area (Å²) in [5.74, 6) is 0.595. The molecule has 0 aliphatic carbocycles. The van der Waals surface area contributed by atoms with Crippen molar-refractivity contribution in [1.29, 1.82) is 0 Å². The number of aromatic nitrogens is 4. The minimum absolute atomic E-state index is 0.0782. The van der Waals surface area contributed by atoms with Crippen LogP contribution in [0.1, 0.15) is 18.3 Å². The quantitative estimate of drug-likeness (QED) is 0.430. The first kappa shape index (κ1) is 17.5. The van der Waals surface area contributed by atoms with Crippen LogP contribution in [-0.4, -0.2) is 30.7 Å². The van der Waals surface area contributed by atoms with E-state index in [0.29, 0.717) is 11.0 Å². The molecule has 0 spiro atoms. The summed E-state index contributed by atoms with van der Waals surface area (Å²) in [6.07, 6.45) is 0. The van der Waals surface area contributed by atoms with Crippen molar-refractivity contribution in [3.8, 4) is 0 Å². The molecular weight excluding hydrogens is 358 g/mol. The highest BCUT2D eigenvalue weighted by Crippen LogP contribution is 2.27. The van der Waals surface area contributed by atoms with Crippen molar-refractivity contribution in [2.45, 2.75) is 31.2 Å². The molecule has 0 bridgehead atoms. The third-order valence-electron chi connectivity index (χ3n) is 4.19. The SMILES string of the molecule is Cc1cccc(NC(=O)C(C)Sc2nc3ccccc3c3nc(C)nn23)c1. The maximum atomic E-state index is 12.6. The molecular formula is C20H19N5OS. The number of fused-ring (bicyclic) bond motifs is 3. The summed E-state index contributed by atoms with van der Waals surface area (Å²) in [4.78, 5) is 21.9. The first-order chi connectivity index (χ1) is 13.0. The molecule has 1 amide bonds. The van der Waals surface area contributed by atoms with Gasteiger partial charge in [0.1, 0.15) is 5.82 Å². The van der Waals surface area contributed by atoms with Gasteiger partial charge in [0.2, 0.25) is 5.91 Å². The van der Waals surface area contributed by atoms with Gasteiger partial charge in [-0.1, -0.05) is 36.0 Å². The lowest BCUT2D eigenvalue weighted by molar-refractivity contribution is -0.115. The summed E-state index contributed by atoms with van der Waals surface area (Å²) in [5, 5.41) is 8.67. The molecule has 2 aromatic heterocycles. The summed E-state index contributed by atoms with van der Waals surface area (Å²) in [7, 11) is 0. The zero-order valence-corrected chi connectivity index (χ0v) is 16.1. The summed E-state index contributed by atoms with van der Waals surface area (Å²) in [5.41, 5.74) is 3.49. The van der Waals surface area contributed by atoms with Crippen molar-refractivity contribution in [2.24, 2.45) is 0 Å². The molecule has 0 radical (unpaired) electrons. The number of rotatable bonds is 4. The Hall–Kier alpha value is -2.93. The number of carbonyl (C=O) groups is 1. The van der Waals surface area contributed by atoms with Gasteiger partial charge in [0, 0.05) is 11.1 Å². The number of hydrogen-bond acceptors (Lipinski definition) is 5. The zero-order chi connectivity index (χ0) is 19.0. The molecule has 27 heavy (non-hydrogen) atoms. The van der Waals surface area contributed by atoms with E-state index in [-0.39, 0.29) is 11.2 Å². The highest BCUT2D eigenvalue weighted by atomic mass is 32.2. The molecule has 7 heteroatoms. The van der Waals surface area contributed by atoms with Gasteiger partial charge in [-0.25, -0.2) is 9.97 Å². The molecule has 4 rings (SSSR count). The van der Waals surface area contributed by atoms with Gasteiger partial charge in [0.25, 0.3) is 0 Å². The van der Waals surface area contributed by atoms with E-state index < -0.39 is 0 Å². The first-order valence-electron chi connectivity index (χ1n) is 8.67. The Morgan fingerprint density at radius 3 is 2.74 bits per heavy atom. The molecule has 6 nitrogen and oxygen atoms in total.